The van der Waals surface area contributed by atoms with Gasteiger partial charge in [-0.1, -0.05) is 19.1 Å². The standard InChI is InChI=1S/C21H36N4O2/c1-5-25(19-9-10-19)12-11-23-21(22-4)24-16-18-8-7-17(3)15-20(18)27-14-13-26-6-2/h7-8,15,19H,5-6,9-14,16H2,1-4H3,(H2,22,23,24). The van der Waals surface area contributed by atoms with Gasteiger partial charge in [-0.2, -0.15) is 0 Å². The second-order valence-electron chi connectivity index (χ2n) is 6.87. The Hall–Kier alpha value is -1.79. The van der Waals surface area contributed by atoms with Crippen molar-refractivity contribution in [1.82, 2.24) is 15.5 Å². The molecule has 0 amide bonds. The number of likely N-dealkylation sites (N-methyl/N-ethyl adjacent to an activating group) is 1. The van der Waals surface area contributed by atoms with Crippen LogP contribution in [0.2, 0.25) is 0 Å². The van der Waals surface area contributed by atoms with Crippen LogP contribution >= 0.6 is 0 Å². The number of rotatable bonds is 12. The van der Waals surface area contributed by atoms with Crippen molar-refractivity contribution in [2.45, 2.75) is 46.2 Å². The number of hydrogen-bond donors (Lipinski definition) is 2. The highest BCUT2D eigenvalue weighted by Gasteiger charge is 2.27. The molecule has 152 valence electrons. The molecule has 1 aromatic carbocycles. The van der Waals surface area contributed by atoms with Gasteiger partial charge in [-0.05, 0) is 44.9 Å². The Morgan fingerprint density at radius 2 is 2.04 bits per heavy atom. The lowest BCUT2D eigenvalue weighted by Crippen LogP contribution is -2.41. The van der Waals surface area contributed by atoms with Gasteiger partial charge in [0.05, 0.1) is 6.61 Å². The molecule has 6 heteroatoms. The molecule has 0 spiro atoms. The monoisotopic (exact) mass is 376 g/mol. The van der Waals surface area contributed by atoms with Gasteiger partial charge < -0.3 is 20.1 Å². The van der Waals surface area contributed by atoms with Crippen LogP contribution in [0.1, 0.15) is 37.8 Å². The van der Waals surface area contributed by atoms with Gasteiger partial charge >= 0.3 is 0 Å². The summed E-state index contributed by atoms with van der Waals surface area (Å²) in [6, 6.07) is 7.10. The molecule has 0 saturated heterocycles. The Bertz CT molecular complexity index is 588. The number of aliphatic imine (C=N–C) groups is 1. The number of hydrogen-bond acceptors (Lipinski definition) is 4. The van der Waals surface area contributed by atoms with E-state index in [4.69, 9.17) is 9.47 Å². The topological polar surface area (TPSA) is 58.1 Å². The van der Waals surface area contributed by atoms with E-state index in [9.17, 15) is 0 Å². The average molecular weight is 377 g/mol. The molecule has 1 aromatic rings. The first-order valence-corrected chi connectivity index (χ1v) is 10.2. The molecule has 0 radical (unpaired) electrons. The lowest BCUT2D eigenvalue weighted by atomic mass is 10.1. The first kappa shape index (κ1) is 21.5. The van der Waals surface area contributed by atoms with E-state index in [1.165, 1.54) is 18.4 Å². The molecular formula is C21H36N4O2. The largest absolute Gasteiger partial charge is 0.491 e. The van der Waals surface area contributed by atoms with E-state index in [2.05, 4.69) is 52.6 Å². The fraction of sp³-hybridized carbons (Fsp3) is 0.667. The van der Waals surface area contributed by atoms with Crippen molar-refractivity contribution >= 4 is 5.96 Å². The zero-order valence-electron chi connectivity index (χ0n) is 17.4. The summed E-state index contributed by atoms with van der Waals surface area (Å²) in [5.41, 5.74) is 2.31. The molecule has 2 N–H and O–H groups in total. The minimum Gasteiger partial charge on any atom is -0.491 e. The van der Waals surface area contributed by atoms with E-state index < -0.39 is 0 Å². The van der Waals surface area contributed by atoms with Crippen LogP contribution < -0.4 is 15.4 Å². The third-order valence-corrected chi connectivity index (χ3v) is 4.74. The van der Waals surface area contributed by atoms with Gasteiger partial charge in [0, 0.05) is 44.9 Å². The molecule has 0 atom stereocenters. The van der Waals surface area contributed by atoms with Crippen molar-refractivity contribution in [3.8, 4) is 5.75 Å². The smallest absolute Gasteiger partial charge is 0.191 e. The fourth-order valence-electron chi connectivity index (χ4n) is 3.05. The van der Waals surface area contributed by atoms with Crippen LogP contribution in [0.4, 0.5) is 0 Å². The first-order chi connectivity index (χ1) is 13.2. The minimum absolute atomic E-state index is 0.561. The van der Waals surface area contributed by atoms with Gasteiger partial charge in [-0.3, -0.25) is 9.89 Å². The molecule has 1 aliphatic rings. The van der Waals surface area contributed by atoms with Crippen LogP contribution in [0.15, 0.2) is 23.2 Å². The summed E-state index contributed by atoms with van der Waals surface area (Å²) in [6.07, 6.45) is 2.70. The van der Waals surface area contributed by atoms with E-state index in [1.54, 1.807) is 0 Å². The SMILES string of the molecule is CCOCCOc1cc(C)ccc1CNC(=NC)NCCN(CC)C1CC1. The Balaban J connectivity index is 1.80. The molecule has 0 heterocycles. The summed E-state index contributed by atoms with van der Waals surface area (Å²) in [7, 11) is 1.81. The van der Waals surface area contributed by atoms with Crippen LogP contribution in [-0.2, 0) is 11.3 Å². The van der Waals surface area contributed by atoms with Crippen molar-refractivity contribution in [1.29, 1.82) is 0 Å². The number of nitrogens with one attached hydrogen (secondary N) is 2. The van der Waals surface area contributed by atoms with Crippen LogP contribution in [0.25, 0.3) is 0 Å². The Morgan fingerprint density at radius 3 is 2.70 bits per heavy atom. The molecular weight excluding hydrogens is 340 g/mol. The van der Waals surface area contributed by atoms with Crippen LogP contribution in [0, 0.1) is 6.92 Å². The Kier molecular flexibility index (Phi) is 9.42. The zero-order chi connectivity index (χ0) is 19.5. The van der Waals surface area contributed by atoms with E-state index in [1.807, 2.05) is 14.0 Å². The minimum atomic E-state index is 0.561. The maximum Gasteiger partial charge on any atom is 0.191 e. The number of ether oxygens (including phenoxy) is 2. The summed E-state index contributed by atoms with van der Waals surface area (Å²) in [6.45, 7) is 11.9. The molecule has 1 aliphatic carbocycles. The van der Waals surface area contributed by atoms with Crippen LogP contribution in [-0.4, -0.2) is 63.4 Å². The third-order valence-electron chi connectivity index (χ3n) is 4.74. The van der Waals surface area contributed by atoms with Crippen LogP contribution in [0.3, 0.4) is 0 Å². The molecule has 0 aliphatic heterocycles. The van der Waals surface area contributed by atoms with Crippen molar-refractivity contribution in [2.24, 2.45) is 4.99 Å². The van der Waals surface area contributed by atoms with Gasteiger partial charge in [-0.25, -0.2) is 0 Å². The highest BCUT2D eigenvalue weighted by atomic mass is 16.5. The molecule has 1 fully saturated rings. The highest BCUT2D eigenvalue weighted by molar-refractivity contribution is 5.79. The van der Waals surface area contributed by atoms with Gasteiger partial charge in [0.15, 0.2) is 5.96 Å². The maximum atomic E-state index is 5.91. The summed E-state index contributed by atoms with van der Waals surface area (Å²) < 4.78 is 11.3. The quantitative estimate of drug-likeness (QED) is 0.334. The summed E-state index contributed by atoms with van der Waals surface area (Å²) in [5.74, 6) is 1.73. The lowest BCUT2D eigenvalue weighted by molar-refractivity contribution is 0.110. The summed E-state index contributed by atoms with van der Waals surface area (Å²) >= 11 is 0. The summed E-state index contributed by atoms with van der Waals surface area (Å²) in [5, 5.41) is 6.81. The van der Waals surface area contributed by atoms with Gasteiger partial charge in [-0.15, -0.1) is 0 Å². The number of nitrogens with zero attached hydrogens (tertiary/aromatic N) is 2. The second-order valence-corrected chi connectivity index (χ2v) is 6.87. The average Bonchev–Trinajstić information content (AvgIpc) is 3.51. The van der Waals surface area contributed by atoms with E-state index in [-0.39, 0.29) is 0 Å². The third kappa shape index (κ3) is 7.77. The van der Waals surface area contributed by atoms with Crippen molar-refractivity contribution in [3.05, 3.63) is 29.3 Å². The van der Waals surface area contributed by atoms with E-state index >= 15 is 0 Å². The lowest BCUT2D eigenvalue weighted by Gasteiger charge is -2.21. The molecule has 0 aromatic heterocycles. The summed E-state index contributed by atoms with van der Waals surface area (Å²) in [4.78, 5) is 6.87. The molecule has 6 nitrogen and oxygen atoms in total. The molecule has 1 saturated carbocycles. The van der Waals surface area contributed by atoms with Gasteiger partial charge in [0.25, 0.3) is 0 Å². The number of guanidine groups is 1. The first-order valence-electron chi connectivity index (χ1n) is 10.2. The van der Waals surface area contributed by atoms with E-state index in [0.29, 0.717) is 26.4 Å². The molecule has 27 heavy (non-hydrogen) atoms. The normalized spacial score (nSPS) is 14.5. The second kappa shape index (κ2) is 11.8. The number of benzene rings is 1. The van der Waals surface area contributed by atoms with E-state index in [0.717, 1.165) is 42.9 Å². The fourth-order valence-corrected chi connectivity index (χ4v) is 3.05. The zero-order valence-corrected chi connectivity index (χ0v) is 17.4. The van der Waals surface area contributed by atoms with Gasteiger partial charge in [0.1, 0.15) is 12.4 Å². The van der Waals surface area contributed by atoms with Crippen molar-refractivity contribution in [3.63, 3.8) is 0 Å². The predicted octanol–water partition coefficient (Wildman–Crippen LogP) is 2.56. The van der Waals surface area contributed by atoms with Crippen molar-refractivity contribution in [2.75, 3.05) is 46.5 Å². The van der Waals surface area contributed by atoms with Crippen LogP contribution in [0.5, 0.6) is 5.75 Å². The molecule has 2 rings (SSSR count). The van der Waals surface area contributed by atoms with Gasteiger partial charge in [0.2, 0.25) is 0 Å². The number of aryl methyl sites for hydroxylation is 1. The Labute approximate surface area is 164 Å². The molecule has 0 unspecified atom stereocenters. The highest BCUT2D eigenvalue weighted by Crippen LogP contribution is 2.25. The van der Waals surface area contributed by atoms with Crippen molar-refractivity contribution < 1.29 is 9.47 Å². The molecule has 0 bridgehead atoms. The predicted molar refractivity (Wildman–Crippen MR) is 112 cm³/mol. The maximum absolute atomic E-state index is 5.91. The Morgan fingerprint density at radius 1 is 1.22 bits per heavy atom.